The summed E-state index contributed by atoms with van der Waals surface area (Å²) in [6.45, 7) is 0. The average molecular weight is 404 g/mol. The van der Waals surface area contributed by atoms with Crippen LogP contribution in [0.15, 0.2) is 18.3 Å². The Kier molecular flexibility index (Phi) is 6.97. The maximum absolute atomic E-state index is 11.3. The normalized spacial score (nSPS) is 10.4. The summed E-state index contributed by atoms with van der Waals surface area (Å²) in [5.74, 6) is -0.0220. The van der Waals surface area contributed by atoms with Gasteiger partial charge in [0, 0.05) is 27.1 Å². The van der Waals surface area contributed by atoms with Crippen LogP contribution in [-0.2, 0) is 20.4 Å². The standard InChI is InChI=1S/C12H12INO3.C3H9N/c1-17-11(16)4-7-6-14-9-2-3-10(15)8(5-13)12(7)9;1-4(2)3/h2-3,6,14-15H,4-5H2,1H3;1-3H3. The number of carbonyl (C=O) groups excluding carboxylic acids is 1. The lowest BCUT2D eigenvalue weighted by atomic mass is 10.0. The molecule has 21 heavy (non-hydrogen) atoms. The number of phenolic OH excluding ortho intramolecular Hbond substituents is 1. The smallest absolute Gasteiger partial charge is 0.310 e. The van der Waals surface area contributed by atoms with Crippen molar-refractivity contribution in [2.45, 2.75) is 10.8 Å². The largest absolute Gasteiger partial charge is 0.508 e. The van der Waals surface area contributed by atoms with E-state index in [1.54, 1.807) is 18.3 Å². The van der Waals surface area contributed by atoms with Crippen LogP contribution in [0.3, 0.4) is 0 Å². The molecule has 0 atom stereocenters. The van der Waals surface area contributed by atoms with Gasteiger partial charge in [-0.25, -0.2) is 0 Å². The average Bonchev–Trinajstić information content (AvgIpc) is 2.81. The number of alkyl halides is 1. The SMILES string of the molecule is CN(C)C.COC(=O)Cc1c[nH]c2ccc(O)c(CI)c12. The van der Waals surface area contributed by atoms with Crippen molar-refractivity contribution in [3.05, 3.63) is 29.5 Å². The van der Waals surface area contributed by atoms with E-state index in [1.165, 1.54) is 7.11 Å². The van der Waals surface area contributed by atoms with Crippen LogP contribution in [0.1, 0.15) is 11.1 Å². The summed E-state index contributed by atoms with van der Waals surface area (Å²) in [7, 11) is 7.37. The van der Waals surface area contributed by atoms with Gasteiger partial charge in [-0.05, 0) is 38.8 Å². The quantitative estimate of drug-likeness (QED) is 0.469. The molecule has 0 fully saturated rings. The number of benzene rings is 1. The maximum Gasteiger partial charge on any atom is 0.310 e. The molecular weight excluding hydrogens is 383 g/mol. The number of halogens is 1. The zero-order valence-corrected chi connectivity index (χ0v) is 14.9. The number of hydrogen-bond acceptors (Lipinski definition) is 4. The van der Waals surface area contributed by atoms with Crippen molar-refractivity contribution >= 4 is 39.5 Å². The minimum absolute atomic E-state index is 0.212. The number of phenols is 1. The molecule has 2 N–H and O–H groups in total. The molecule has 1 heterocycles. The van der Waals surface area contributed by atoms with Gasteiger partial charge in [0.15, 0.2) is 0 Å². The molecule has 6 heteroatoms. The predicted octanol–water partition coefficient (Wildman–Crippen LogP) is 2.70. The number of methoxy groups -OCH3 is 1. The summed E-state index contributed by atoms with van der Waals surface area (Å²) in [6, 6.07) is 3.47. The Morgan fingerprint density at radius 3 is 2.52 bits per heavy atom. The van der Waals surface area contributed by atoms with Crippen LogP contribution >= 0.6 is 22.6 Å². The summed E-state index contributed by atoms with van der Waals surface area (Å²) < 4.78 is 5.35. The van der Waals surface area contributed by atoms with Crippen molar-refractivity contribution in [2.75, 3.05) is 28.3 Å². The molecule has 0 radical (unpaired) electrons. The number of hydrogen-bond donors (Lipinski definition) is 2. The minimum atomic E-state index is -0.284. The maximum atomic E-state index is 11.3. The number of aromatic hydroxyl groups is 1. The Balaban J connectivity index is 0.000000491. The molecule has 0 aliphatic rings. The lowest BCUT2D eigenvalue weighted by Gasteiger charge is -2.05. The molecule has 0 bridgehead atoms. The number of H-pyrrole nitrogens is 1. The van der Waals surface area contributed by atoms with Crippen molar-refractivity contribution in [1.82, 2.24) is 9.88 Å². The Labute approximate surface area is 138 Å². The zero-order valence-electron chi connectivity index (χ0n) is 12.7. The van der Waals surface area contributed by atoms with Crippen LogP contribution in [-0.4, -0.2) is 49.2 Å². The first-order valence-electron chi connectivity index (χ1n) is 6.45. The third-order valence-electron chi connectivity index (χ3n) is 2.71. The number of fused-ring (bicyclic) bond motifs is 1. The lowest BCUT2D eigenvalue weighted by Crippen LogP contribution is -2.04. The van der Waals surface area contributed by atoms with Gasteiger partial charge in [-0.2, -0.15) is 0 Å². The molecule has 0 amide bonds. The molecule has 0 spiro atoms. The van der Waals surface area contributed by atoms with Gasteiger partial charge in [-0.15, -0.1) is 0 Å². The fourth-order valence-corrected chi connectivity index (χ4v) is 2.64. The van der Waals surface area contributed by atoms with E-state index in [9.17, 15) is 9.90 Å². The van der Waals surface area contributed by atoms with Crippen LogP contribution < -0.4 is 0 Å². The van der Waals surface area contributed by atoms with Crippen LogP contribution in [0.5, 0.6) is 5.75 Å². The second-order valence-corrected chi connectivity index (χ2v) is 5.79. The Bertz CT molecular complexity index is 605. The topological polar surface area (TPSA) is 65.6 Å². The third kappa shape index (κ3) is 4.89. The Hall–Kier alpha value is -1.28. The van der Waals surface area contributed by atoms with Crippen molar-refractivity contribution in [2.24, 2.45) is 0 Å². The van der Waals surface area contributed by atoms with Gasteiger partial charge in [0.1, 0.15) is 5.75 Å². The van der Waals surface area contributed by atoms with E-state index in [-0.39, 0.29) is 18.1 Å². The Morgan fingerprint density at radius 2 is 2.00 bits per heavy atom. The van der Waals surface area contributed by atoms with Crippen molar-refractivity contribution < 1.29 is 14.6 Å². The molecule has 0 saturated carbocycles. The molecule has 1 aromatic carbocycles. The number of ether oxygens (including phenoxy) is 1. The molecule has 2 rings (SSSR count). The van der Waals surface area contributed by atoms with Gasteiger partial charge in [0.2, 0.25) is 0 Å². The molecule has 116 valence electrons. The second kappa shape index (κ2) is 8.23. The number of esters is 1. The van der Waals surface area contributed by atoms with E-state index in [2.05, 4.69) is 32.3 Å². The van der Waals surface area contributed by atoms with E-state index in [1.807, 2.05) is 26.0 Å². The monoisotopic (exact) mass is 404 g/mol. The number of carbonyl (C=O) groups is 1. The first kappa shape index (κ1) is 17.8. The highest BCUT2D eigenvalue weighted by Gasteiger charge is 2.14. The van der Waals surface area contributed by atoms with E-state index in [4.69, 9.17) is 0 Å². The molecule has 5 nitrogen and oxygen atoms in total. The number of aromatic amines is 1. The van der Waals surface area contributed by atoms with Gasteiger partial charge in [0.05, 0.1) is 13.5 Å². The molecule has 0 saturated heterocycles. The summed E-state index contributed by atoms with van der Waals surface area (Å²) in [5, 5.41) is 10.7. The summed E-state index contributed by atoms with van der Waals surface area (Å²) in [5.41, 5.74) is 2.63. The highest BCUT2D eigenvalue weighted by molar-refractivity contribution is 14.1. The number of aromatic nitrogens is 1. The molecule has 2 aromatic rings. The summed E-state index contributed by atoms with van der Waals surface area (Å²) >= 11 is 2.19. The first-order valence-corrected chi connectivity index (χ1v) is 7.97. The minimum Gasteiger partial charge on any atom is -0.508 e. The number of rotatable bonds is 3. The van der Waals surface area contributed by atoms with Crippen LogP contribution in [0.25, 0.3) is 10.9 Å². The molecule has 0 aliphatic heterocycles. The Morgan fingerprint density at radius 1 is 1.38 bits per heavy atom. The van der Waals surface area contributed by atoms with Gasteiger partial charge >= 0.3 is 5.97 Å². The lowest BCUT2D eigenvalue weighted by molar-refractivity contribution is -0.139. The van der Waals surface area contributed by atoms with Gasteiger partial charge in [-0.1, -0.05) is 22.6 Å². The van der Waals surface area contributed by atoms with Gasteiger partial charge < -0.3 is 19.7 Å². The molecule has 0 aliphatic carbocycles. The van der Waals surface area contributed by atoms with E-state index in [0.29, 0.717) is 4.43 Å². The van der Waals surface area contributed by atoms with Crippen LogP contribution in [0, 0.1) is 0 Å². The van der Waals surface area contributed by atoms with Gasteiger partial charge in [0.25, 0.3) is 0 Å². The third-order valence-corrected chi connectivity index (χ3v) is 3.47. The summed E-state index contributed by atoms with van der Waals surface area (Å²) in [6.07, 6.45) is 2.00. The predicted molar refractivity (Wildman–Crippen MR) is 93.0 cm³/mol. The fraction of sp³-hybridized carbons (Fsp3) is 0.400. The van der Waals surface area contributed by atoms with E-state index >= 15 is 0 Å². The van der Waals surface area contributed by atoms with Crippen molar-refractivity contribution in [3.63, 3.8) is 0 Å². The molecule has 1 aromatic heterocycles. The highest BCUT2D eigenvalue weighted by Crippen LogP contribution is 2.31. The van der Waals surface area contributed by atoms with Crippen LogP contribution in [0.2, 0.25) is 0 Å². The van der Waals surface area contributed by atoms with Gasteiger partial charge in [-0.3, -0.25) is 4.79 Å². The fourth-order valence-electron chi connectivity index (χ4n) is 1.86. The van der Waals surface area contributed by atoms with Crippen molar-refractivity contribution in [1.29, 1.82) is 0 Å². The van der Waals surface area contributed by atoms with E-state index in [0.717, 1.165) is 22.0 Å². The second-order valence-electron chi connectivity index (χ2n) is 5.03. The first-order chi connectivity index (χ1) is 9.90. The van der Waals surface area contributed by atoms with E-state index < -0.39 is 0 Å². The van der Waals surface area contributed by atoms with Crippen LogP contribution in [0.4, 0.5) is 0 Å². The summed E-state index contributed by atoms with van der Waals surface area (Å²) in [4.78, 5) is 16.4. The highest BCUT2D eigenvalue weighted by atomic mass is 127. The van der Waals surface area contributed by atoms with Crippen molar-refractivity contribution in [3.8, 4) is 5.75 Å². The molecule has 0 unspecified atom stereocenters. The number of nitrogens with zero attached hydrogens (tertiary/aromatic N) is 1. The zero-order chi connectivity index (χ0) is 16.0. The molecular formula is C15H21IN2O3. The number of nitrogens with one attached hydrogen (secondary N) is 1.